The standard InChI is InChI=1S/C19H17ClFN7O2.C19H17ClFN7.C19H20ClFN6O.C19H18ClN7O2.C19H18ClN7/c1-10-7-27(9-15(29-10)19-24-11(2)26-30-19)16-3-4-22-18(25-16)14-6-23-17-5-13(21)12(20)8-28(14)17;20-13-10-28-16(8-24-18(28)6-14(13)21)19-23-4-3-17(26-19)27-5-1-2-12(9-27)15-7-22-11-25-15;1-10-5-12(18(22)28)11(2)26(8-10)16-3-4-23-19(25-16)15-7-24-17-6-14(21)13(20)9-27(15)17;1-11-8-26(10-15(28-11)19-23-12(2)25-29-19)17-5-6-21-18(24-17)14-7-22-16-4-3-13(20)9-27(14)16;20-14-3-4-17-23-9-16(27(17)11-14)19-22-6-5-18(25-19)26-7-1-2-13(10-26)15-8-21-12-24-15/h3-6,8,10,15H,7,9H2,1-2H3;3-4,6-8,10-12H,1-2,5,9H2,(H,22,25);3-4,6-7,9-12H,5,8H2,1-2H3,(H2,22,28);3-7,9,11,15H,8,10H2,1-2H3;3-6,8-9,11-13H,1-2,7,10H2,(H,21,24)/t10-,15-;;;11-,15-;/m1..1./s1. The Morgan fingerprint density at radius 1 is 0.408 bits per heavy atom. The molecular weight excluding hydrogens is 1930 g/mol. The monoisotopic (exact) mass is 2020 g/mol. The van der Waals surface area contributed by atoms with Crippen LogP contribution in [0.1, 0.15) is 119 Å². The lowest BCUT2D eigenvalue weighted by molar-refractivity contribution is -0.123. The van der Waals surface area contributed by atoms with Gasteiger partial charge in [0.25, 0.3) is 11.8 Å². The number of aromatic amines is 2. The number of nitrogens with one attached hydrogen (secondary N) is 2. The Bertz CT molecular complexity index is 7730. The van der Waals surface area contributed by atoms with Gasteiger partial charge in [0.15, 0.2) is 53.0 Å². The number of anilines is 5. The molecule has 142 heavy (non-hydrogen) atoms. The number of hydrogen-bond acceptors (Lipinski definition) is 31. The van der Waals surface area contributed by atoms with Crippen LogP contribution in [0.25, 0.3) is 85.8 Å². The molecule has 0 aromatic carbocycles. The molecule has 0 aliphatic carbocycles. The third-order valence-electron chi connectivity index (χ3n) is 25.1. The van der Waals surface area contributed by atoms with Gasteiger partial charge in [-0.2, -0.15) is 9.97 Å². The van der Waals surface area contributed by atoms with Crippen LogP contribution >= 0.6 is 58.0 Å². The zero-order valence-electron chi connectivity index (χ0n) is 77.0. The fourth-order valence-corrected chi connectivity index (χ4v) is 19.0. The summed E-state index contributed by atoms with van der Waals surface area (Å²) in [5, 5.41) is 9.00. The molecule has 5 aliphatic rings. The van der Waals surface area contributed by atoms with Crippen molar-refractivity contribution in [1.82, 2.24) is 137 Å². The number of halogens is 8. The van der Waals surface area contributed by atoms with Gasteiger partial charge in [0, 0.05) is 168 Å². The van der Waals surface area contributed by atoms with E-state index in [9.17, 15) is 18.0 Å². The van der Waals surface area contributed by atoms with E-state index in [1.54, 1.807) is 114 Å². The Kier molecular flexibility index (Phi) is 27.5. The Balaban J connectivity index is 0.000000109. The number of nitrogens with zero attached hydrogens (tertiary/aromatic N) is 31. The van der Waals surface area contributed by atoms with E-state index in [1.807, 2.05) is 96.7 Å². The highest BCUT2D eigenvalue weighted by Gasteiger charge is 2.38. The molecule has 726 valence electrons. The zero-order valence-corrected chi connectivity index (χ0v) is 80.8. The average molecular weight is 2020 g/mol. The van der Waals surface area contributed by atoms with E-state index in [-0.39, 0.29) is 57.4 Å². The topological polar surface area (TPSA) is 428 Å². The second kappa shape index (κ2) is 41.2. The molecule has 0 spiro atoms. The number of H-pyrrole nitrogens is 2. The van der Waals surface area contributed by atoms with Crippen molar-refractivity contribution >= 4 is 121 Å². The molecule has 0 saturated carbocycles. The summed E-state index contributed by atoms with van der Waals surface area (Å²) in [6.07, 6.45) is 36.8. The van der Waals surface area contributed by atoms with E-state index < -0.39 is 17.5 Å². The molecule has 9 atom stereocenters. The predicted octanol–water partition coefficient (Wildman–Crippen LogP) is 16.5. The van der Waals surface area contributed by atoms with E-state index in [0.29, 0.717) is 146 Å². The van der Waals surface area contributed by atoms with Crippen molar-refractivity contribution in [2.24, 2.45) is 17.6 Å². The Morgan fingerprint density at radius 3 is 1.11 bits per heavy atom. The maximum atomic E-state index is 13.7. The number of aryl methyl sites for hydroxylation is 2. The summed E-state index contributed by atoms with van der Waals surface area (Å²) in [7, 11) is 0. The van der Waals surface area contributed by atoms with Crippen molar-refractivity contribution in [3.8, 4) is 57.6 Å². The molecule has 0 radical (unpaired) electrons. The van der Waals surface area contributed by atoms with Crippen LogP contribution in [0, 0.1) is 43.1 Å². The molecule has 0 bridgehead atoms. The number of imidazole rings is 7. The number of nitrogens with two attached hydrogens (primary N) is 1. The molecule has 5 fully saturated rings. The summed E-state index contributed by atoms with van der Waals surface area (Å²) in [5.41, 5.74) is 14.3. The van der Waals surface area contributed by atoms with Crippen molar-refractivity contribution in [3.63, 3.8) is 0 Å². The van der Waals surface area contributed by atoms with Crippen LogP contribution in [0.3, 0.4) is 0 Å². The first kappa shape index (κ1) is 94.8. The highest BCUT2D eigenvalue weighted by Crippen LogP contribution is 2.38. The number of carbonyl (C=O) groups excluding carboxylic acids is 1. The molecule has 19 aromatic rings. The van der Waals surface area contributed by atoms with Gasteiger partial charge >= 0.3 is 0 Å². The summed E-state index contributed by atoms with van der Waals surface area (Å²) in [5.74, 6) is 7.76. The van der Waals surface area contributed by atoms with Crippen LogP contribution in [-0.4, -0.2) is 220 Å². The lowest BCUT2D eigenvalue weighted by Crippen LogP contribution is -2.51. The van der Waals surface area contributed by atoms with Gasteiger partial charge in [-0.3, -0.25) is 26.8 Å². The smallest absolute Gasteiger partial charge is 0.257 e. The molecule has 47 heteroatoms. The summed E-state index contributed by atoms with van der Waals surface area (Å²) >= 11 is 30.1. The van der Waals surface area contributed by atoms with E-state index in [4.69, 9.17) is 102 Å². The first-order chi connectivity index (χ1) is 68.8. The number of fused-ring (bicyclic) bond motifs is 5. The van der Waals surface area contributed by atoms with Gasteiger partial charge in [-0.15, -0.1) is 0 Å². The minimum Gasteiger partial charge on any atom is -0.369 e. The quantitative estimate of drug-likeness (QED) is 0.0858. The van der Waals surface area contributed by atoms with Crippen LogP contribution in [0.15, 0.2) is 200 Å². The molecular formula is C95H90Cl5F3N34O5. The number of primary amides is 1. The van der Waals surface area contributed by atoms with Gasteiger partial charge in [0.2, 0.25) is 5.91 Å². The van der Waals surface area contributed by atoms with Crippen molar-refractivity contribution in [1.29, 1.82) is 0 Å². The van der Waals surface area contributed by atoms with Gasteiger partial charge in [0.1, 0.15) is 103 Å². The average Bonchev–Trinajstić information content (AvgIpc) is 1.55. The minimum atomic E-state index is -0.533. The van der Waals surface area contributed by atoms with Crippen LogP contribution in [-0.2, 0) is 14.3 Å². The van der Waals surface area contributed by atoms with Gasteiger partial charge in [0.05, 0.1) is 100.0 Å². The van der Waals surface area contributed by atoms with Crippen molar-refractivity contribution in [3.05, 3.63) is 268 Å². The molecule has 1 amide bonds. The van der Waals surface area contributed by atoms with Crippen LogP contribution in [0.4, 0.5) is 42.3 Å². The third kappa shape index (κ3) is 20.6. The normalized spacial score (nSPS) is 19.4. The van der Waals surface area contributed by atoms with Crippen molar-refractivity contribution in [2.45, 2.75) is 116 Å². The molecule has 24 heterocycles. The van der Waals surface area contributed by atoms with Gasteiger partial charge < -0.3 is 58.7 Å². The number of morpholine rings is 2. The van der Waals surface area contributed by atoms with E-state index in [0.717, 1.165) is 116 Å². The Morgan fingerprint density at radius 2 is 0.761 bits per heavy atom. The summed E-state index contributed by atoms with van der Waals surface area (Å²) in [4.78, 5) is 113. The van der Waals surface area contributed by atoms with Crippen LogP contribution in [0.5, 0.6) is 0 Å². The fraction of sp³-hybridized carbons (Fsp3) is 0.305. The molecule has 19 aromatic heterocycles. The van der Waals surface area contributed by atoms with Crippen molar-refractivity contribution in [2.75, 3.05) is 83.4 Å². The number of amides is 1. The largest absolute Gasteiger partial charge is 0.369 e. The first-order valence-electron chi connectivity index (χ1n) is 45.7. The summed E-state index contributed by atoms with van der Waals surface area (Å²) in [6.45, 7) is 18.5. The second-order valence-electron chi connectivity index (χ2n) is 35.0. The van der Waals surface area contributed by atoms with Crippen LogP contribution < -0.4 is 30.2 Å². The Labute approximate surface area is 832 Å². The zero-order chi connectivity index (χ0) is 98.1. The molecule has 5 saturated heterocycles. The number of aromatic nitrogens is 28. The number of rotatable bonds is 15. The fourth-order valence-electron chi connectivity index (χ4n) is 18.3. The summed E-state index contributed by atoms with van der Waals surface area (Å²) < 4.78 is 72.5. The van der Waals surface area contributed by atoms with E-state index in [2.05, 4.69) is 126 Å². The van der Waals surface area contributed by atoms with Gasteiger partial charge in [-0.25, -0.2) is 97.9 Å². The van der Waals surface area contributed by atoms with Crippen LogP contribution in [0.2, 0.25) is 25.1 Å². The highest BCUT2D eigenvalue weighted by atomic mass is 35.5. The number of hydrogen-bond donors (Lipinski definition) is 3. The van der Waals surface area contributed by atoms with E-state index in [1.165, 1.54) is 42.5 Å². The predicted molar refractivity (Wildman–Crippen MR) is 524 cm³/mol. The minimum absolute atomic E-state index is 0.00222. The second-order valence-corrected chi connectivity index (χ2v) is 37.1. The SMILES string of the molecule is CC1CC(C(N)=O)C(C)N(c2ccnc(-c3cnc4cc(F)c(Cl)cn34)n2)C1.Cc1noc([C@H]2CN(c3ccnc(-c4cnc5cc(F)c(Cl)cn45)n3)C[C@@H](C)O2)n1.Cc1noc([C@H]2CN(c3ccnc(-c4cnc5ccc(Cl)cn45)n3)C[C@@H](C)O2)n1.Clc1ccc2ncc(-c3nccc(N4CCCC(c5cnc[nH]5)C4)n3)n2c1.Fc1cc2ncc(-c3nccc(N4CCCC(c5cnc[nH]5)C4)n3)n2cc1Cl. The molecule has 5 aliphatic heterocycles. The van der Waals surface area contributed by atoms with E-state index >= 15 is 0 Å². The van der Waals surface area contributed by atoms with Gasteiger partial charge in [-0.1, -0.05) is 75.2 Å². The lowest BCUT2D eigenvalue weighted by atomic mass is 9.84. The highest BCUT2D eigenvalue weighted by molar-refractivity contribution is 6.32. The maximum Gasteiger partial charge on any atom is 0.257 e. The molecule has 5 unspecified atom stereocenters. The molecule has 4 N–H and O–H groups in total. The Hall–Kier alpha value is -14.8. The number of carbonyl (C=O) groups is 1. The first-order valence-corrected chi connectivity index (χ1v) is 47.6. The van der Waals surface area contributed by atoms with Crippen molar-refractivity contribution < 1.29 is 36.5 Å². The number of ether oxygens (including phenoxy) is 2. The molecule has 24 rings (SSSR count). The molecule has 39 nitrogen and oxygen atoms in total. The number of pyridine rings is 5. The number of piperidine rings is 3. The maximum absolute atomic E-state index is 13.7. The lowest BCUT2D eigenvalue weighted by Gasteiger charge is -2.41. The summed E-state index contributed by atoms with van der Waals surface area (Å²) in [6, 6.07) is 20.5. The van der Waals surface area contributed by atoms with Gasteiger partial charge in [-0.05, 0) is 127 Å². The third-order valence-corrected chi connectivity index (χ3v) is 26.3.